The summed E-state index contributed by atoms with van der Waals surface area (Å²) in [6, 6.07) is 10.6. The van der Waals surface area contributed by atoms with Crippen molar-refractivity contribution < 1.29 is 19.1 Å². The van der Waals surface area contributed by atoms with Gasteiger partial charge in [-0.2, -0.15) is 0 Å². The predicted molar refractivity (Wildman–Crippen MR) is 131 cm³/mol. The van der Waals surface area contributed by atoms with Crippen LogP contribution in [0.5, 0.6) is 0 Å². The highest BCUT2D eigenvalue weighted by Crippen LogP contribution is 2.20. The summed E-state index contributed by atoms with van der Waals surface area (Å²) >= 11 is 0. The van der Waals surface area contributed by atoms with Gasteiger partial charge in [-0.25, -0.2) is 4.79 Å². The summed E-state index contributed by atoms with van der Waals surface area (Å²) in [5.41, 5.74) is 1.09. The molecular weight excluding hydrogens is 388 g/mol. The SMILES string of the molecule is CC(C)(C)OC(=O)COC(=O)C(C)(C)C.CC(C)(C)c1ccccc1.CCC(C)(C)C. The van der Waals surface area contributed by atoms with Gasteiger partial charge >= 0.3 is 11.9 Å². The third kappa shape index (κ3) is 19.8. The van der Waals surface area contributed by atoms with Crippen molar-refractivity contribution in [2.45, 2.75) is 107 Å². The molecule has 180 valence electrons. The zero-order valence-electron chi connectivity index (χ0n) is 22.4. The van der Waals surface area contributed by atoms with Crippen LogP contribution in [0.4, 0.5) is 0 Å². The largest absolute Gasteiger partial charge is 0.457 e. The van der Waals surface area contributed by atoms with Gasteiger partial charge in [-0.15, -0.1) is 0 Å². The molecule has 4 nitrogen and oxygen atoms in total. The van der Waals surface area contributed by atoms with Gasteiger partial charge in [-0.3, -0.25) is 4.79 Å². The fraction of sp³-hybridized carbons (Fsp3) is 0.704. The molecule has 0 heterocycles. The molecule has 0 bridgehead atoms. The van der Waals surface area contributed by atoms with Crippen LogP contribution in [0.25, 0.3) is 0 Å². The molecule has 0 amide bonds. The molecule has 0 aliphatic carbocycles. The lowest BCUT2D eigenvalue weighted by atomic mass is 9.87. The van der Waals surface area contributed by atoms with Crippen molar-refractivity contribution in [2.75, 3.05) is 6.61 Å². The fourth-order valence-electron chi connectivity index (χ4n) is 1.65. The standard InChI is InChI=1S/C11H20O4.C10H14.C6H14/c1-10(2,3)9(13)14-7-8(12)15-11(4,5)6;1-10(2,3)9-7-5-4-6-8-9;1-5-6(2,3)4/h7H2,1-6H3;4-8H,1-3H3;5H2,1-4H3. The van der Waals surface area contributed by atoms with Crippen molar-refractivity contribution in [1.29, 1.82) is 0 Å². The Hall–Kier alpha value is -1.84. The summed E-state index contributed by atoms with van der Waals surface area (Å²) in [4.78, 5) is 22.5. The van der Waals surface area contributed by atoms with Gasteiger partial charge in [0.25, 0.3) is 0 Å². The molecule has 0 fully saturated rings. The third-order valence-corrected chi connectivity index (χ3v) is 4.05. The summed E-state index contributed by atoms with van der Waals surface area (Å²) in [5.74, 6) is -0.937. The van der Waals surface area contributed by atoms with E-state index in [9.17, 15) is 9.59 Å². The maximum atomic E-state index is 11.3. The Morgan fingerprint density at radius 1 is 0.774 bits per heavy atom. The minimum absolute atomic E-state index is 0.293. The van der Waals surface area contributed by atoms with Crippen molar-refractivity contribution in [3.63, 3.8) is 0 Å². The number of rotatable bonds is 2. The maximum absolute atomic E-state index is 11.3. The molecule has 0 aliphatic heterocycles. The topological polar surface area (TPSA) is 52.6 Å². The first-order chi connectivity index (χ1) is 13.7. The van der Waals surface area contributed by atoms with Crippen LogP contribution in [-0.2, 0) is 24.5 Å². The van der Waals surface area contributed by atoms with E-state index in [1.54, 1.807) is 41.5 Å². The molecule has 0 aliphatic rings. The van der Waals surface area contributed by atoms with E-state index < -0.39 is 23.0 Å². The molecule has 0 unspecified atom stereocenters. The van der Waals surface area contributed by atoms with Crippen molar-refractivity contribution in [3.05, 3.63) is 35.9 Å². The van der Waals surface area contributed by atoms with Crippen LogP contribution in [0.2, 0.25) is 0 Å². The monoisotopic (exact) mass is 436 g/mol. The van der Waals surface area contributed by atoms with Crippen LogP contribution in [-0.4, -0.2) is 24.1 Å². The van der Waals surface area contributed by atoms with E-state index >= 15 is 0 Å². The highest BCUT2D eigenvalue weighted by molar-refractivity contribution is 5.79. The van der Waals surface area contributed by atoms with E-state index in [0.717, 1.165) is 0 Å². The third-order valence-electron chi connectivity index (χ3n) is 4.05. The second kappa shape index (κ2) is 12.9. The van der Waals surface area contributed by atoms with Gasteiger partial charge < -0.3 is 9.47 Å². The molecule has 0 aromatic heterocycles. The molecule has 1 aromatic rings. The maximum Gasteiger partial charge on any atom is 0.344 e. The Bertz CT molecular complexity index is 633. The number of esters is 2. The lowest BCUT2D eigenvalue weighted by Crippen LogP contribution is -2.30. The number of benzene rings is 1. The van der Waals surface area contributed by atoms with Gasteiger partial charge in [-0.1, -0.05) is 85.2 Å². The lowest BCUT2D eigenvalue weighted by molar-refractivity contribution is -0.170. The highest BCUT2D eigenvalue weighted by atomic mass is 16.6. The molecule has 0 saturated heterocycles. The van der Waals surface area contributed by atoms with E-state index in [0.29, 0.717) is 10.8 Å². The molecule has 0 spiro atoms. The van der Waals surface area contributed by atoms with Gasteiger partial charge in [0.2, 0.25) is 0 Å². The lowest BCUT2D eigenvalue weighted by Gasteiger charge is -2.20. The second-order valence-corrected chi connectivity index (χ2v) is 11.9. The van der Waals surface area contributed by atoms with Crippen LogP contribution in [0.3, 0.4) is 0 Å². The van der Waals surface area contributed by atoms with E-state index in [1.807, 2.05) is 0 Å². The normalized spacial score (nSPS) is 11.9. The second-order valence-electron chi connectivity index (χ2n) is 11.9. The van der Waals surface area contributed by atoms with Crippen molar-refractivity contribution >= 4 is 11.9 Å². The van der Waals surface area contributed by atoms with Gasteiger partial charge in [0, 0.05) is 0 Å². The Morgan fingerprint density at radius 2 is 1.19 bits per heavy atom. The van der Waals surface area contributed by atoms with Crippen LogP contribution in [0.15, 0.2) is 30.3 Å². The van der Waals surface area contributed by atoms with Crippen molar-refractivity contribution in [2.24, 2.45) is 10.8 Å². The minimum Gasteiger partial charge on any atom is -0.457 e. The molecule has 0 N–H and O–H groups in total. The molecule has 0 radical (unpaired) electrons. The molecule has 1 aromatic carbocycles. The van der Waals surface area contributed by atoms with Crippen LogP contribution < -0.4 is 0 Å². The van der Waals surface area contributed by atoms with Crippen LogP contribution in [0, 0.1) is 10.8 Å². The highest BCUT2D eigenvalue weighted by Gasteiger charge is 2.25. The summed E-state index contributed by atoms with van der Waals surface area (Å²) in [5, 5.41) is 0. The zero-order chi connectivity index (χ0) is 25.1. The fourth-order valence-corrected chi connectivity index (χ4v) is 1.65. The Morgan fingerprint density at radius 3 is 1.45 bits per heavy atom. The average Bonchev–Trinajstić information content (AvgIpc) is 2.58. The minimum atomic E-state index is -0.595. The van der Waals surface area contributed by atoms with E-state index in [2.05, 4.69) is 78.8 Å². The average molecular weight is 437 g/mol. The Balaban J connectivity index is 0. The zero-order valence-corrected chi connectivity index (χ0v) is 22.4. The van der Waals surface area contributed by atoms with Gasteiger partial charge in [0.1, 0.15) is 5.60 Å². The first kappa shape index (κ1) is 31.3. The number of hydrogen-bond acceptors (Lipinski definition) is 4. The van der Waals surface area contributed by atoms with Crippen molar-refractivity contribution in [1.82, 2.24) is 0 Å². The quantitative estimate of drug-likeness (QED) is 0.455. The van der Waals surface area contributed by atoms with Gasteiger partial charge in [0.05, 0.1) is 5.41 Å². The molecule has 31 heavy (non-hydrogen) atoms. The number of carbonyl (C=O) groups excluding carboxylic acids is 2. The smallest absolute Gasteiger partial charge is 0.344 e. The summed E-state index contributed by atoms with van der Waals surface area (Å²) in [6.07, 6.45) is 1.27. The summed E-state index contributed by atoms with van der Waals surface area (Å²) in [7, 11) is 0. The molecule has 0 atom stereocenters. The number of hydrogen-bond donors (Lipinski definition) is 0. The molecule has 1 rings (SSSR count). The van der Waals surface area contributed by atoms with Crippen molar-refractivity contribution in [3.8, 4) is 0 Å². The van der Waals surface area contributed by atoms with Crippen LogP contribution >= 0.6 is 0 Å². The van der Waals surface area contributed by atoms with E-state index in [4.69, 9.17) is 9.47 Å². The van der Waals surface area contributed by atoms with E-state index in [1.165, 1.54) is 12.0 Å². The summed E-state index contributed by atoms with van der Waals surface area (Å²) < 4.78 is 9.79. The first-order valence-corrected chi connectivity index (χ1v) is 11.1. The number of carbonyl (C=O) groups is 2. The Labute approximate surface area is 192 Å². The van der Waals surface area contributed by atoms with Gasteiger partial charge in [-0.05, 0) is 57.9 Å². The van der Waals surface area contributed by atoms with E-state index in [-0.39, 0.29) is 6.61 Å². The predicted octanol–water partition coefficient (Wildman–Crippen LogP) is 7.34. The molecule has 4 heteroatoms. The Kier molecular flexibility index (Phi) is 13.0. The van der Waals surface area contributed by atoms with Gasteiger partial charge in [0.15, 0.2) is 6.61 Å². The number of ether oxygens (including phenoxy) is 2. The molecular formula is C27H48O4. The summed E-state index contributed by atoms with van der Waals surface area (Å²) in [6.45, 7) is 25.7. The van der Waals surface area contributed by atoms with Crippen LogP contribution in [0.1, 0.15) is 102 Å². The first-order valence-electron chi connectivity index (χ1n) is 11.1. The molecule has 0 saturated carbocycles.